The molecule has 0 saturated carbocycles. The number of nitrogens with zero attached hydrogens (tertiary/aromatic N) is 1. The highest BCUT2D eigenvalue weighted by molar-refractivity contribution is 5.89. The van der Waals surface area contributed by atoms with Crippen LogP contribution in [-0.4, -0.2) is 10.9 Å². The van der Waals surface area contributed by atoms with Crippen LogP contribution in [0.1, 0.15) is 45.2 Å². The lowest BCUT2D eigenvalue weighted by atomic mass is 9.85. The highest BCUT2D eigenvalue weighted by atomic mass is 16.1. The minimum absolute atomic E-state index is 0.00351. The molecule has 88 valence electrons. The van der Waals surface area contributed by atoms with Crippen LogP contribution < -0.4 is 5.32 Å². The van der Waals surface area contributed by atoms with E-state index in [1.165, 1.54) is 5.56 Å². The summed E-state index contributed by atoms with van der Waals surface area (Å²) in [7, 11) is 0. The van der Waals surface area contributed by atoms with Crippen LogP contribution in [0, 0.1) is 6.92 Å². The Morgan fingerprint density at radius 1 is 1.44 bits per heavy atom. The molecule has 0 saturated heterocycles. The van der Waals surface area contributed by atoms with Crippen LogP contribution in [0.4, 0.5) is 5.82 Å². The third kappa shape index (κ3) is 3.05. The van der Waals surface area contributed by atoms with Crippen LogP contribution in [0.25, 0.3) is 0 Å². The summed E-state index contributed by atoms with van der Waals surface area (Å²) in [4.78, 5) is 15.5. The van der Waals surface area contributed by atoms with E-state index in [0.29, 0.717) is 12.2 Å². The number of aryl methyl sites for hydroxylation is 1. The second kappa shape index (κ2) is 4.64. The molecule has 0 atom stereocenters. The minimum Gasteiger partial charge on any atom is -0.311 e. The van der Waals surface area contributed by atoms with E-state index < -0.39 is 0 Å². The Bertz CT molecular complexity index is 391. The molecule has 1 heterocycles. The molecule has 3 nitrogen and oxygen atoms in total. The van der Waals surface area contributed by atoms with Gasteiger partial charge in [-0.15, -0.1) is 0 Å². The van der Waals surface area contributed by atoms with Gasteiger partial charge in [0.15, 0.2) is 0 Å². The third-order valence-electron chi connectivity index (χ3n) is 2.50. The molecular weight excluding hydrogens is 200 g/mol. The van der Waals surface area contributed by atoms with E-state index in [-0.39, 0.29) is 11.3 Å². The van der Waals surface area contributed by atoms with Crippen molar-refractivity contribution in [3.05, 3.63) is 23.4 Å². The maximum Gasteiger partial charge on any atom is 0.225 e. The number of carbonyl (C=O) groups excluding carboxylic acids is 1. The first kappa shape index (κ1) is 12.7. The summed E-state index contributed by atoms with van der Waals surface area (Å²) < 4.78 is 0. The molecule has 1 amide bonds. The molecule has 0 aliphatic rings. The summed E-state index contributed by atoms with van der Waals surface area (Å²) in [6.07, 6.45) is 2.28. The fourth-order valence-corrected chi connectivity index (χ4v) is 1.63. The van der Waals surface area contributed by atoms with Crippen LogP contribution in [-0.2, 0) is 10.2 Å². The number of rotatable bonds is 2. The molecule has 1 rings (SSSR count). The highest BCUT2D eigenvalue weighted by Crippen LogP contribution is 2.26. The average molecular weight is 220 g/mol. The van der Waals surface area contributed by atoms with Crippen molar-refractivity contribution in [1.82, 2.24) is 4.98 Å². The Kier molecular flexibility index (Phi) is 3.68. The predicted octanol–water partition coefficient (Wildman–Crippen LogP) is 3.04. The molecule has 1 aromatic rings. The Balaban J connectivity index is 3.03. The number of hydrogen-bond acceptors (Lipinski definition) is 2. The van der Waals surface area contributed by atoms with Gasteiger partial charge in [-0.25, -0.2) is 4.98 Å². The second-order valence-electron chi connectivity index (χ2n) is 5.04. The molecule has 0 unspecified atom stereocenters. The number of anilines is 1. The predicted molar refractivity (Wildman–Crippen MR) is 66.6 cm³/mol. The van der Waals surface area contributed by atoms with E-state index in [0.717, 1.165) is 5.56 Å². The topological polar surface area (TPSA) is 42.0 Å². The number of hydrogen-bond donors (Lipinski definition) is 1. The van der Waals surface area contributed by atoms with Crippen molar-refractivity contribution in [3.63, 3.8) is 0 Å². The first-order chi connectivity index (χ1) is 7.34. The van der Waals surface area contributed by atoms with Gasteiger partial charge in [-0.1, -0.05) is 27.7 Å². The lowest BCUT2D eigenvalue weighted by molar-refractivity contribution is -0.115. The Morgan fingerprint density at radius 3 is 2.56 bits per heavy atom. The highest BCUT2D eigenvalue weighted by Gasteiger charge is 2.17. The number of amides is 1. The zero-order valence-corrected chi connectivity index (χ0v) is 10.7. The van der Waals surface area contributed by atoms with Gasteiger partial charge in [0.05, 0.1) is 0 Å². The lowest BCUT2D eigenvalue weighted by Gasteiger charge is -2.22. The van der Waals surface area contributed by atoms with Gasteiger partial charge in [0, 0.05) is 12.6 Å². The van der Waals surface area contributed by atoms with Crippen molar-refractivity contribution >= 4 is 11.7 Å². The van der Waals surface area contributed by atoms with E-state index in [4.69, 9.17) is 0 Å². The van der Waals surface area contributed by atoms with Gasteiger partial charge in [-0.05, 0) is 29.5 Å². The fraction of sp³-hybridized carbons (Fsp3) is 0.538. The normalized spacial score (nSPS) is 11.3. The van der Waals surface area contributed by atoms with Crippen molar-refractivity contribution in [1.29, 1.82) is 0 Å². The largest absolute Gasteiger partial charge is 0.311 e. The van der Waals surface area contributed by atoms with Gasteiger partial charge >= 0.3 is 0 Å². The Morgan fingerprint density at radius 2 is 2.06 bits per heavy atom. The van der Waals surface area contributed by atoms with E-state index in [1.807, 2.05) is 26.1 Å². The SMILES string of the molecule is CCC(=O)Nc1cc(C(C)(C)C)c(C)cn1. The molecule has 1 aromatic heterocycles. The van der Waals surface area contributed by atoms with Crippen molar-refractivity contribution < 1.29 is 4.79 Å². The summed E-state index contributed by atoms with van der Waals surface area (Å²) in [5, 5.41) is 2.78. The molecule has 0 fully saturated rings. The zero-order chi connectivity index (χ0) is 12.3. The molecule has 16 heavy (non-hydrogen) atoms. The van der Waals surface area contributed by atoms with Crippen molar-refractivity contribution in [3.8, 4) is 0 Å². The monoisotopic (exact) mass is 220 g/mol. The molecule has 0 aliphatic heterocycles. The van der Waals surface area contributed by atoms with Gasteiger partial charge in [0.25, 0.3) is 0 Å². The molecule has 0 radical (unpaired) electrons. The summed E-state index contributed by atoms with van der Waals surface area (Å²) in [6.45, 7) is 10.3. The van der Waals surface area contributed by atoms with E-state index >= 15 is 0 Å². The molecule has 1 N–H and O–H groups in total. The van der Waals surface area contributed by atoms with Crippen LogP contribution >= 0.6 is 0 Å². The van der Waals surface area contributed by atoms with Gasteiger partial charge in [-0.3, -0.25) is 4.79 Å². The van der Waals surface area contributed by atoms with E-state index in [1.54, 1.807) is 0 Å². The molecule has 0 bridgehead atoms. The van der Waals surface area contributed by atoms with Crippen molar-refractivity contribution in [2.24, 2.45) is 0 Å². The van der Waals surface area contributed by atoms with E-state index in [2.05, 4.69) is 31.1 Å². The molecule has 0 aromatic carbocycles. The number of aromatic nitrogens is 1. The lowest BCUT2D eigenvalue weighted by Crippen LogP contribution is -2.16. The zero-order valence-electron chi connectivity index (χ0n) is 10.7. The maximum atomic E-state index is 11.3. The quantitative estimate of drug-likeness (QED) is 0.832. The molecular formula is C13H20N2O. The van der Waals surface area contributed by atoms with Gasteiger partial charge in [0.2, 0.25) is 5.91 Å². The molecule has 3 heteroatoms. The van der Waals surface area contributed by atoms with Gasteiger partial charge in [-0.2, -0.15) is 0 Å². The Hall–Kier alpha value is -1.38. The minimum atomic E-state index is -0.00351. The molecule has 0 spiro atoms. The van der Waals surface area contributed by atoms with Gasteiger partial charge in [0.1, 0.15) is 5.82 Å². The van der Waals surface area contributed by atoms with Crippen molar-refractivity contribution in [2.45, 2.75) is 46.5 Å². The van der Waals surface area contributed by atoms with Crippen LogP contribution in [0.5, 0.6) is 0 Å². The summed E-state index contributed by atoms with van der Waals surface area (Å²) in [5.74, 6) is 0.638. The number of carbonyl (C=O) groups is 1. The van der Waals surface area contributed by atoms with Crippen molar-refractivity contribution in [2.75, 3.05) is 5.32 Å². The summed E-state index contributed by atoms with van der Waals surface area (Å²) in [6, 6.07) is 1.96. The first-order valence-electron chi connectivity index (χ1n) is 5.61. The van der Waals surface area contributed by atoms with Crippen LogP contribution in [0.3, 0.4) is 0 Å². The second-order valence-corrected chi connectivity index (χ2v) is 5.04. The Labute approximate surface area is 97.3 Å². The smallest absolute Gasteiger partial charge is 0.225 e. The van der Waals surface area contributed by atoms with Gasteiger partial charge < -0.3 is 5.32 Å². The average Bonchev–Trinajstić information content (AvgIpc) is 2.19. The molecule has 0 aliphatic carbocycles. The number of nitrogens with one attached hydrogen (secondary N) is 1. The summed E-state index contributed by atoms with van der Waals surface area (Å²) >= 11 is 0. The van der Waals surface area contributed by atoms with Crippen LogP contribution in [0.2, 0.25) is 0 Å². The third-order valence-corrected chi connectivity index (χ3v) is 2.50. The standard InChI is InChI=1S/C13H20N2O/c1-6-12(16)15-11-7-10(13(3,4)5)9(2)8-14-11/h7-8H,6H2,1-5H3,(H,14,15,16). The first-order valence-corrected chi connectivity index (χ1v) is 5.61. The fourth-order valence-electron chi connectivity index (χ4n) is 1.63. The number of pyridine rings is 1. The van der Waals surface area contributed by atoms with E-state index in [9.17, 15) is 4.79 Å². The van der Waals surface area contributed by atoms with Crippen LogP contribution in [0.15, 0.2) is 12.3 Å². The summed E-state index contributed by atoms with van der Waals surface area (Å²) in [5.41, 5.74) is 2.44. The maximum absolute atomic E-state index is 11.3.